The van der Waals surface area contributed by atoms with Gasteiger partial charge < -0.3 is 4.90 Å². The van der Waals surface area contributed by atoms with Gasteiger partial charge in [-0.2, -0.15) is 4.98 Å². The van der Waals surface area contributed by atoms with E-state index >= 15 is 0 Å². The number of hydrogen-bond acceptors (Lipinski definition) is 6. The number of aryl methyl sites for hydroxylation is 1. The van der Waals surface area contributed by atoms with Crippen molar-refractivity contribution in [3.05, 3.63) is 10.9 Å². The summed E-state index contributed by atoms with van der Waals surface area (Å²) in [4.78, 5) is 13.9. The Kier molecular flexibility index (Phi) is 3.99. The molecule has 2 atom stereocenters. The second kappa shape index (κ2) is 5.77. The van der Waals surface area contributed by atoms with Crippen molar-refractivity contribution in [3.8, 4) is 0 Å². The first-order valence-corrected chi connectivity index (χ1v) is 8.47. The van der Waals surface area contributed by atoms with Crippen LogP contribution in [0.25, 0.3) is 10.2 Å². The Hall–Kier alpha value is -1.40. The Morgan fingerprint density at radius 1 is 1.43 bits per heavy atom. The Labute approximate surface area is 129 Å². The van der Waals surface area contributed by atoms with Crippen LogP contribution >= 0.6 is 11.3 Å². The van der Waals surface area contributed by atoms with E-state index in [1.807, 2.05) is 0 Å². The van der Waals surface area contributed by atoms with Crippen molar-refractivity contribution in [1.82, 2.24) is 9.97 Å². The molecule has 3 rings (SSSR count). The number of nitrogens with two attached hydrogens (primary N) is 1. The van der Waals surface area contributed by atoms with Gasteiger partial charge in [0.15, 0.2) is 0 Å². The van der Waals surface area contributed by atoms with Gasteiger partial charge in [-0.15, -0.1) is 11.3 Å². The summed E-state index contributed by atoms with van der Waals surface area (Å²) in [5, 5.41) is 1.16. The van der Waals surface area contributed by atoms with E-state index in [0.29, 0.717) is 12.0 Å². The van der Waals surface area contributed by atoms with Crippen LogP contribution in [0, 0.1) is 5.92 Å². The average molecular weight is 305 g/mol. The molecule has 114 valence electrons. The summed E-state index contributed by atoms with van der Waals surface area (Å²) >= 11 is 1.73. The van der Waals surface area contributed by atoms with Crippen molar-refractivity contribution >= 4 is 33.3 Å². The molecule has 1 aliphatic heterocycles. The lowest BCUT2D eigenvalue weighted by Gasteiger charge is -2.37. The molecule has 3 heterocycles. The van der Waals surface area contributed by atoms with Crippen LogP contribution in [0.5, 0.6) is 0 Å². The fourth-order valence-corrected chi connectivity index (χ4v) is 4.10. The van der Waals surface area contributed by atoms with Gasteiger partial charge in [0.05, 0.1) is 5.39 Å². The van der Waals surface area contributed by atoms with Crippen molar-refractivity contribution < 1.29 is 0 Å². The van der Waals surface area contributed by atoms with Crippen LogP contribution in [0.15, 0.2) is 6.07 Å². The van der Waals surface area contributed by atoms with Crippen molar-refractivity contribution in [2.45, 2.75) is 46.1 Å². The maximum atomic E-state index is 5.55. The van der Waals surface area contributed by atoms with Crippen LogP contribution in [-0.4, -0.2) is 22.6 Å². The molecule has 2 unspecified atom stereocenters. The average Bonchev–Trinajstić information content (AvgIpc) is 2.89. The molecule has 1 fully saturated rings. The number of piperidine rings is 1. The van der Waals surface area contributed by atoms with Crippen LogP contribution in [0.3, 0.4) is 0 Å². The Balaban J connectivity index is 2.09. The van der Waals surface area contributed by atoms with E-state index in [1.54, 1.807) is 11.3 Å². The zero-order valence-electron chi connectivity index (χ0n) is 12.9. The number of hydrogen-bond donors (Lipinski definition) is 2. The van der Waals surface area contributed by atoms with E-state index in [9.17, 15) is 0 Å². The number of anilines is 2. The molecule has 0 bridgehead atoms. The normalized spacial score (nSPS) is 22.8. The monoisotopic (exact) mass is 305 g/mol. The van der Waals surface area contributed by atoms with Crippen LogP contribution in [0.4, 0.5) is 11.8 Å². The zero-order valence-corrected chi connectivity index (χ0v) is 13.7. The molecule has 1 saturated heterocycles. The molecule has 0 aromatic carbocycles. The molecule has 21 heavy (non-hydrogen) atoms. The lowest BCUT2D eigenvalue weighted by atomic mass is 9.93. The minimum atomic E-state index is 0.502. The number of thiophene rings is 1. The number of rotatable bonds is 3. The van der Waals surface area contributed by atoms with Gasteiger partial charge in [-0.25, -0.2) is 10.8 Å². The molecule has 0 spiro atoms. The Bertz CT molecular complexity index is 638. The summed E-state index contributed by atoms with van der Waals surface area (Å²) in [5.41, 5.74) is 2.61. The van der Waals surface area contributed by atoms with Gasteiger partial charge in [0.25, 0.3) is 0 Å². The molecular formula is C15H23N5S. The molecular weight excluding hydrogens is 282 g/mol. The summed E-state index contributed by atoms with van der Waals surface area (Å²) in [6.45, 7) is 7.84. The Morgan fingerprint density at radius 2 is 2.24 bits per heavy atom. The third kappa shape index (κ3) is 2.70. The lowest BCUT2D eigenvalue weighted by molar-refractivity contribution is 0.376. The smallest absolute Gasteiger partial charge is 0.240 e. The molecule has 3 N–H and O–H groups in total. The van der Waals surface area contributed by atoms with Crippen LogP contribution in [0.2, 0.25) is 0 Å². The van der Waals surface area contributed by atoms with Gasteiger partial charge in [0.2, 0.25) is 5.95 Å². The van der Waals surface area contributed by atoms with Gasteiger partial charge in [-0.3, -0.25) is 5.43 Å². The van der Waals surface area contributed by atoms with Crippen molar-refractivity contribution in [3.63, 3.8) is 0 Å². The van der Waals surface area contributed by atoms with E-state index in [4.69, 9.17) is 5.84 Å². The highest BCUT2D eigenvalue weighted by atomic mass is 32.1. The molecule has 6 heteroatoms. The molecule has 2 aromatic rings. The summed E-state index contributed by atoms with van der Waals surface area (Å²) in [6.07, 6.45) is 3.45. The fraction of sp³-hybridized carbons (Fsp3) is 0.600. The van der Waals surface area contributed by atoms with Crippen molar-refractivity contribution in [1.29, 1.82) is 0 Å². The predicted octanol–water partition coefficient (Wildman–Crippen LogP) is 3.16. The minimum Gasteiger partial charge on any atom is -0.353 e. The first kappa shape index (κ1) is 14.5. The number of nitrogen functional groups attached to an aromatic ring is 1. The number of nitrogens with zero attached hydrogens (tertiary/aromatic N) is 3. The predicted molar refractivity (Wildman–Crippen MR) is 89.8 cm³/mol. The molecule has 2 aromatic heterocycles. The van der Waals surface area contributed by atoms with Gasteiger partial charge in [0.1, 0.15) is 10.6 Å². The Morgan fingerprint density at radius 3 is 2.90 bits per heavy atom. The maximum Gasteiger partial charge on any atom is 0.240 e. The van der Waals surface area contributed by atoms with Crippen LogP contribution < -0.4 is 16.2 Å². The fourth-order valence-electron chi connectivity index (χ4n) is 3.14. The molecule has 0 radical (unpaired) electrons. The maximum absolute atomic E-state index is 5.55. The van der Waals surface area contributed by atoms with E-state index < -0.39 is 0 Å². The van der Waals surface area contributed by atoms with Crippen LogP contribution in [0.1, 0.15) is 38.5 Å². The first-order chi connectivity index (χ1) is 10.1. The van der Waals surface area contributed by atoms with E-state index in [2.05, 4.69) is 47.1 Å². The number of hydrazine groups is 1. The first-order valence-electron chi connectivity index (χ1n) is 7.66. The van der Waals surface area contributed by atoms with Gasteiger partial charge in [0, 0.05) is 17.5 Å². The van der Waals surface area contributed by atoms with Crippen molar-refractivity contribution in [2.75, 3.05) is 16.9 Å². The summed E-state index contributed by atoms with van der Waals surface area (Å²) < 4.78 is 0. The summed E-state index contributed by atoms with van der Waals surface area (Å²) in [7, 11) is 0. The lowest BCUT2D eigenvalue weighted by Crippen LogP contribution is -2.41. The SMILES string of the molecule is CCc1cc2c(N3CCC(C)CC3C)nc(NN)nc2s1. The van der Waals surface area contributed by atoms with Gasteiger partial charge in [-0.05, 0) is 38.2 Å². The molecule has 1 aliphatic rings. The van der Waals surface area contributed by atoms with Gasteiger partial charge >= 0.3 is 0 Å². The molecule has 5 nitrogen and oxygen atoms in total. The highest BCUT2D eigenvalue weighted by Gasteiger charge is 2.26. The highest BCUT2D eigenvalue weighted by molar-refractivity contribution is 7.18. The second-order valence-electron chi connectivity index (χ2n) is 5.97. The van der Waals surface area contributed by atoms with Crippen molar-refractivity contribution in [2.24, 2.45) is 11.8 Å². The zero-order chi connectivity index (χ0) is 15.0. The third-order valence-corrected chi connectivity index (χ3v) is 5.48. The van der Waals surface area contributed by atoms with E-state index in [-0.39, 0.29) is 0 Å². The molecule has 0 aliphatic carbocycles. The largest absolute Gasteiger partial charge is 0.353 e. The second-order valence-corrected chi connectivity index (χ2v) is 7.09. The van der Waals surface area contributed by atoms with Crippen LogP contribution in [-0.2, 0) is 6.42 Å². The summed E-state index contributed by atoms with van der Waals surface area (Å²) in [6, 6.07) is 2.74. The number of nitrogens with one attached hydrogen (secondary N) is 1. The van der Waals surface area contributed by atoms with E-state index in [1.165, 1.54) is 17.7 Å². The molecule has 0 saturated carbocycles. The van der Waals surface area contributed by atoms with Gasteiger partial charge in [-0.1, -0.05) is 13.8 Å². The third-order valence-electron chi connectivity index (χ3n) is 4.31. The quantitative estimate of drug-likeness (QED) is 0.673. The molecule has 0 amide bonds. The summed E-state index contributed by atoms with van der Waals surface area (Å²) in [5.74, 6) is 7.87. The van der Waals surface area contributed by atoms with E-state index in [0.717, 1.165) is 34.9 Å². The standard InChI is InChI=1S/C15H23N5S/c1-4-11-8-12-13(17-15(19-16)18-14(12)21-11)20-6-5-9(2)7-10(20)3/h8-10H,4-7,16H2,1-3H3,(H,17,18,19). The topological polar surface area (TPSA) is 67.1 Å². The minimum absolute atomic E-state index is 0.502. The highest BCUT2D eigenvalue weighted by Crippen LogP contribution is 2.35. The number of fused-ring (bicyclic) bond motifs is 1. The number of aromatic nitrogens is 2.